The molecule has 0 saturated carbocycles. The van der Waals surface area contributed by atoms with Crippen LogP contribution in [0.1, 0.15) is 65.4 Å². The van der Waals surface area contributed by atoms with Gasteiger partial charge in [0.1, 0.15) is 14.5 Å². The van der Waals surface area contributed by atoms with Gasteiger partial charge in [-0.3, -0.25) is 4.98 Å². The number of pyridine rings is 5. The average Bonchev–Trinajstić information content (AvgIpc) is 1.64. The summed E-state index contributed by atoms with van der Waals surface area (Å²) in [5.41, 5.74) is 21.2. The second kappa shape index (κ2) is 27.2. The molecule has 21 rings (SSSR count). The molecule has 0 aliphatic carbocycles. The molecule has 0 unspecified atom stereocenters. The summed E-state index contributed by atoms with van der Waals surface area (Å²) in [5.74, 6) is 0. The van der Waals surface area contributed by atoms with E-state index in [1.165, 1.54) is 165 Å². The molecule has 0 atom stereocenters. The van der Waals surface area contributed by atoms with Crippen molar-refractivity contribution in [2.24, 2.45) is 0 Å². The van der Waals surface area contributed by atoms with E-state index < -0.39 is 6.85 Å². The van der Waals surface area contributed by atoms with Crippen molar-refractivity contribution in [2.75, 3.05) is 0 Å². The molecular weight excluding hydrogens is 1360 g/mol. The van der Waals surface area contributed by atoms with E-state index in [4.69, 9.17) is 24.0 Å². The van der Waals surface area contributed by atoms with Gasteiger partial charge in [0, 0.05) is 121 Å². The van der Waals surface area contributed by atoms with Crippen LogP contribution in [0, 0.1) is 76.1 Å². The quantitative estimate of drug-likeness (QED) is 0.161. The van der Waals surface area contributed by atoms with E-state index in [1.54, 1.807) is 40.1 Å². The molecule has 0 amide bonds. The van der Waals surface area contributed by atoms with Crippen molar-refractivity contribution >= 4 is 201 Å². The minimum atomic E-state index is -2.14. The Kier molecular flexibility index (Phi) is 16.5. The summed E-state index contributed by atoms with van der Waals surface area (Å²) < 4.78 is 31.3. The fourth-order valence-electron chi connectivity index (χ4n) is 14.1. The summed E-state index contributed by atoms with van der Waals surface area (Å²) in [6.07, 6.45) is 2.04. The van der Waals surface area contributed by atoms with Crippen molar-refractivity contribution in [1.82, 2.24) is 24.9 Å². The fourth-order valence-corrected chi connectivity index (χ4v) is 19.8. The summed E-state index contributed by atoms with van der Waals surface area (Å²) in [6.45, 7) is 19.4. The lowest BCUT2D eigenvalue weighted by Crippen LogP contribution is -1.84. The molecule has 104 heavy (non-hydrogen) atoms. The highest BCUT2D eigenvalue weighted by molar-refractivity contribution is 7.27. The molecule has 0 N–H and O–H groups in total. The Hall–Kier alpha value is -10.7. The van der Waals surface area contributed by atoms with Crippen molar-refractivity contribution < 1.29 is 4.11 Å². The number of hydrogen-bond acceptors (Lipinski definition) is 10. The first-order chi connectivity index (χ1) is 51.7. The van der Waals surface area contributed by atoms with Crippen LogP contribution in [0.15, 0.2) is 243 Å². The molecule has 0 radical (unpaired) electrons. The van der Waals surface area contributed by atoms with Crippen molar-refractivity contribution in [3.8, 4) is 22.5 Å². The zero-order valence-corrected chi connectivity index (χ0v) is 63.5. The van der Waals surface area contributed by atoms with Crippen LogP contribution >= 0.6 is 56.7 Å². The number of benzene rings is 11. The Morgan fingerprint density at radius 1 is 0.250 bits per heavy atom. The number of rotatable bonds is 2. The largest absolute Gasteiger partial charge is 0.254 e. The summed E-state index contributed by atoms with van der Waals surface area (Å²) in [6, 6.07) is 83.6. The Bertz CT molecular complexity index is 7120. The van der Waals surface area contributed by atoms with Crippen LogP contribution in [0.3, 0.4) is 0 Å². The van der Waals surface area contributed by atoms with E-state index >= 15 is 0 Å². The van der Waals surface area contributed by atoms with E-state index in [-0.39, 0.29) is 5.69 Å². The zero-order valence-electron chi connectivity index (χ0n) is 62.4. The molecule has 0 bridgehead atoms. The predicted octanol–water partition coefficient (Wildman–Crippen LogP) is 28.6. The lowest BCUT2D eigenvalue weighted by Gasteiger charge is -2.05. The first-order valence-corrected chi connectivity index (χ1v) is 39.1. The molecule has 21 aromatic rings. The van der Waals surface area contributed by atoms with Gasteiger partial charge < -0.3 is 0 Å². The maximum atomic E-state index is 7.43. The van der Waals surface area contributed by atoms with Crippen LogP contribution in [-0.4, -0.2) is 24.9 Å². The monoisotopic (exact) mass is 1430 g/mol. The normalized spacial score (nSPS) is 12.2. The van der Waals surface area contributed by atoms with Crippen molar-refractivity contribution in [1.29, 1.82) is 0 Å². The van der Waals surface area contributed by atoms with Gasteiger partial charge in [0.25, 0.3) is 0 Å². The van der Waals surface area contributed by atoms with Gasteiger partial charge >= 0.3 is 0 Å². The van der Waals surface area contributed by atoms with E-state index in [0.29, 0.717) is 0 Å². The Morgan fingerprint density at radius 3 is 1.24 bits per heavy atom. The number of aryl methyl sites for hydroxylation is 11. The summed E-state index contributed by atoms with van der Waals surface area (Å²) in [4.78, 5) is 26.9. The standard InChI is InChI=1S/2C21H15NS.2C19H15NS.C14H13NS/c1-12-9-17-18-11-15-8-7-14-5-3-4-6-16(14)20(15)22-21(18)23-19(17)10-13(12)2;1-12-9-17-18(10-13(12)2)23-19-11-22-21-15-6-4-3-5-14(15)7-8-16(21)20(17)19;1-12-10-15-18(11-13(12)2)21-17-9-8-16(20-19(15)17)14-6-4-3-5-7-14;1-12-10-16-15-8-9-17(14-6-4-3-5-7-14)20-19(15)21-18(16)11-13(12)2;1-8-6-12-11-5-4-10(3)15-14(11)16-13(12)7-9(8)2/h2*3-11H,1-2H3;2*3-11H,1-2H3;4-7H,1-3H3/i;;;;3D3. The smallest absolute Gasteiger partial charge is 0.125 e. The van der Waals surface area contributed by atoms with Gasteiger partial charge in [-0.15, -0.1) is 56.7 Å². The average molecular weight is 1440 g/mol. The molecule has 0 saturated heterocycles. The van der Waals surface area contributed by atoms with Gasteiger partial charge in [-0.2, -0.15) is 0 Å². The van der Waals surface area contributed by atoms with Crippen LogP contribution in [0.2, 0.25) is 0 Å². The highest BCUT2D eigenvalue weighted by atomic mass is 32.1. The topological polar surface area (TPSA) is 64.5 Å². The highest BCUT2D eigenvalue weighted by Crippen LogP contribution is 2.43. The molecule has 0 aliphatic rings. The minimum absolute atomic E-state index is 0.167. The third kappa shape index (κ3) is 12.4. The summed E-state index contributed by atoms with van der Waals surface area (Å²) >= 11 is 8.80. The number of hydrogen-bond donors (Lipinski definition) is 0. The van der Waals surface area contributed by atoms with Crippen LogP contribution < -0.4 is 0 Å². The van der Waals surface area contributed by atoms with Crippen molar-refractivity contribution in [3.63, 3.8) is 0 Å². The van der Waals surface area contributed by atoms with Crippen LogP contribution in [-0.2, 0) is 0 Å². The number of fused-ring (bicyclic) bond motifs is 22. The van der Waals surface area contributed by atoms with Gasteiger partial charge in [-0.05, 0) is 246 Å². The van der Waals surface area contributed by atoms with Crippen LogP contribution in [0.5, 0.6) is 0 Å². The molecule has 10 heteroatoms. The molecule has 11 aromatic carbocycles. The molecule has 5 nitrogen and oxygen atoms in total. The maximum Gasteiger partial charge on any atom is 0.125 e. The SMILES string of the molecule is Cc1cc2sc3ccc(-c4ccccc4)nc3c2cc1C.Cc1cc2sc3cnc4c5ccccc5ccc4c3c2cc1C.Cc1cc2sc3nc(-c4ccccc4)ccc3c2cc1C.Cc1cc2sc3nc4c(ccc5ccccc54)cc3c2cc1C.[2H]C([2H])([2H])c1ccc2c(n1)sc1cc(C)c(C)cc12. The minimum Gasteiger partial charge on any atom is -0.254 e. The van der Waals surface area contributed by atoms with Gasteiger partial charge in [0.2, 0.25) is 0 Å². The number of thiophene rings is 5. The van der Waals surface area contributed by atoms with Gasteiger partial charge in [0.15, 0.2) is 0 Å². The van der Waals surface area contributed by atoms with E-state index in [9.17, 15) is 0 Å². The Morgan fingerprint density at radius 2 is 0.663 bits per heavy atom. The van der Waals surface area contributed by atoms with Crippen molar-refractivity contribution in [3.05, 3.63) is 304 Å². The molecule has 10 heterocycles. The second-order valence-corrected chi connectivity index (χ2v) is 32.7. The van der Waals surface area contributed by atoms with Crippen molar-refractivity contribution in [2.45, 2.75) is 76.1 Å². The van der Waals surface area contributed by atoms with E-state index in [0.717, 1.165) is 57.9 Å². The van der Waals surface area contributed by atoms with Gasteiger partial charge in [-0.25, -0.2) is 19.9 Å². The summed E-state index contributed by atoms with van der Waals surface area (Å²) in [7, 11) is 0. The predicted molar refractivity (Wildman–Crippen MR) is 459 cm³/mol. The first kappa shape index (κ1) is 63.0. The first-order valence-electron chi connectivity index (χ1n) is 36.5. The molecule has 0 spiro atoms. The third-order valence-electron chi connectivity index (χ3n) is 20.6. The molecule has 0 fully saturated rings. The van der Waals surface area contributed by atoms with Crippen LogP contribution in [0.25, 0.3) is 167 Å². The Balaban J connectivity index is 0.0000000984. The molecule has 10 aromatic heterocycles. The number of nitrogens with zero attached hydrogens (tertiary/aromatic N) is 5. The van der Waals surface area contributed by atoms with E-state index in [2.05, 4.69) is 287 Å². The zero-order chi connectivity index (χ0) is 73.7. The van der Waals surface area contributed by atoms with Crippen LogP contribution in [0.4, 0.5) is 0 Å². The number of aromatic nitrogens is 5. The summed E-state index contributed by atoms with van der Waals surface area (Å²) in [5, 5.41) is 18.8. The van der Waals surface area contributed by atoms with Gasteiger partial charge in [0.05, 0.1) is 37.3 Å². The Labute approximate surface area is 628 Å². The molecule has 0 aliphatic heterocycles. The lowest BCUT2D eigenvalue weighted by atomic mass is 10.0. The second-order valence-electron chi connectivity index (χ2n) is 27.4. The van der Waals surface area contributed by atoms with E-state index in [1.807, 2.05) is 47.1 Å². The highest BCUT2D eigenvalue weighted by Gasteiger charge is 2.17. The molecular formula is C94H73N5S5. The lowest BCUT2D eigenvalue weighted by molar-refractivity contribution is 1.27. The third-order valence-corrected chi connectivity index (χ3v) is 25.9. The maximum absolute atomic E-state index is 7.43. The van der Waals surface area contributed by atoms with Gasteiger partial charge in [-0.1, -0.05) is 133 Å². The molecule has 504 valence electrons. The fraction of sp³-hybridized carbons (Fsp3) is 0.117.